The summed E-state index contributed by atoms with van der Waals surface area (Å²) in [6.45, 7) is 4.36. The van der Waals surface area contributed by atoms with E-state index in [1.807, 2.05) is 38.1 Å². The molecule has 4 nitrogen and oxygen atoms in total. The van der Waals surface area contributed by atoms with E-state index in [-0.39, 0.29) is 18.6 Å². The van der Waals surface area contributed by atoms with Crippen molar-refractivity contribution in [2.45, 2.75) is 26.5 Å². The highest BCUT2D eigenvalue weighted by Gasteiger charge is 2.04. The lowest BCUT2D eigenvalue weighted by Gasteiger charge is -2.11. The van der Waals surface area contributed by atoms with Crippen molar-refractivity contribution in [2.75, 3.05) is 6.61 Å². The molecule has 0 aliphatic rings. The minimum absolute atomic E-state index is 0.0467. The Bertz CT molecular complexity index is 641. The van der Waals surface area contributed by atoms with Crippen LogP contribution < -0.4 is 14.8 Å². The molecule has 0 fully saturated rings. The quantitative estimate of drug-likeness (QED) is 0.837. The first-order chi connectivity index (χ1) is 11.0. The Balaban J connectivity index is 1.75. The van der Waals surface area contributed by atoms with E-state index in [1.54, 1.807) is 24.3 Å². The SMILES string of the molecule is CC(C)Oc1ccc(CNC(=O)COc2cccc(Cl)c2)cc1. The molecule has 0 saturated heterocycles. The Morgan fingerprint density at radius 2 is 1.87 bits per heavy atom. The summed E-state index contributed by atoms with van der Waals surface area (Å²) >= 11 is 5.85. The van der Waals surface area contributed by atoms with Crippen molar-refractivity contribution in [1.82, 2.24) is 5.32 Å². The molecule has 0 aromatic heterocycles. The summed E-state index contributed by atoms with van der Waals surface area (Å²) in [5.41, 5.74) is 0.997. The lowest BCUT2D eigenvalue weighted by atomic mass is 10.2. The van der Waals surface area contributed by atoms with E-state index in [0.717, 1.165) is 11.3 Å². The van der Waals surface area contributed by atoms with Crippen LogP contribution in [0.2, 0.25) is 5.02 Å². The van der Waals surface area contributed by atoms with Crippen molar-refractivity contribution in [1.29, 1.82) is 0 Å². The Labute approximate surface area is 141 Å². The highest BCUT2D eigenvalue weighted by Crippen LogP contribution is 2.17. The van der Waals surface area contributed by atoms with Crippen LogP contribution >= 0.6 is 11.6 Å². The fourth-order valence-electron chi connectivity index (χ4n) is 1.92. The van der Waals surface area contributed by atoms with Gasteiger partial charge in [0.15, 0.2) is 6.61 Å². The van der Waals surface area contributed by atoms with Gasteiger partial charge in [0.25, 0.3) is 5.91 Å². The van der Waals surface area contributed by atoms with E-state index >= 15 is 0 Å². The van der Waals surface area contributed by atoms with Gasteiger partial charge in [-0.05, 0) is 49.7 Å². The molecule has 0 saturated carbocycles. The lowest BCUT2D eigenvalue weighted by molar-refractivity contribution is -0.123. The number of benzene rings is 2. The minimum Gasteiger partial charge on any atom is -0.491 e. The monoisotopic (exact) mass is 333 g/mol. The molecular formula is C18H20ClNO3. The first-order valence-corrected chi connectivity index (χ1v) is 7.81. The first-order valence-electron chi connectivity index (χ1n) is 7.43. The van der Waals surface area contributed by atoms with E-state index in [2.05, 4.69) is 5.32 Å². The number of hydrogen-bond acceptors (Lipinski definition) is 3. The molecule has 0 aliphatic heterocycles. The average molecular weight is 334 g/mol. The molecule has 0 aliphatic carbocycles. The van der Waals surface area contributed by atoms with Crippen molar-refractivity contribution in [3.8, 4) is 11.5 Å². The Kier molecular flexibility index (Phi) is 6.29. The molecule has 2 aromatic carbocycles. The maximum absolute atomic E-state index is 11.8. The predicted molar refractivity (Wildman–Crippen MR) is 91.0 cm³/mol. The number of halogens is 1. The predicted octanol–water partition coefficient (Wildman–Crippen LogP) is 3.82. The zero-order chi connectivity index (χ0) is 16.7. The van der Waals surface area contributed by atoms with E-state index in [9.17, 15) is 4.79 Å². The minimum atomic E-state index is -0.188. The van der Waals surface area contributed by atoms with E-state index in [1.165, 1.54) is 0 Å². The standard InChI is InChI=1S/C18H20ClNO3/c1-13(2)23-16-8-6-14(7-9-16)11-20-18(21)12-22-17-5-3-4-15(19)10-17/h3-10,13H,11-12H2,1-2H3,(H,20,21). The number of carbonyl (C=O) groups is 1. The van der Waals surface area contributed by atoms with Gasteiger partial charge in [0.2, 0.25) is 0 Å². The number of nitrogens with one attached hydrogen (secondary N) is 1. The molecule has 0 unspecified atom stereocenters. The van der Waals surface area contributed by atoms with Crippen molar-refractivity contribution >= 4 is 17.5 Å². The average Bonchev–Trinajstić information content (AvgIpc) is 2.52. The maximum Gasteiger partial charge on any atom is 0.258 e. The molecule has 0 bridgehead atoms. The van der Waals surface area contributed by atoms with Crippen LogP contribution in [-0.4, -0.2) is 18.6 Å². The molecule has 23 heavy (non-hydrogen) atoms. The second-order valence-electron chi connectivity index (χ2n) is 5.33. The van der Waals surface area contributed by atoms with Crippen LogP contribution in [0.25, 0.3) is 0 Å². The van der Waals surface area contributed by atoms with Crippen LogP contribution in [0.1, 0.15) is 19.4 Å². The van der Waals surface area contributed by atoms with E-state index in [0.29, 0.717) is 17.3 Å². The second-order valence-corrected chi connectivity index (χ2v) is 5.77. The summed E-state index contributed by atoms with van der Waals surface area (Å²) in [7, 11) is 0. The van der Waals surface area contributed by atoms with Crippen LogP contribution in [0.3, 0.4) is 0 Å². The fourth-order valence-corrected chi connectivity index (χ4v) is 2.10. The normalized spacial score (nSPS) is 10.4. The summed E-state index contributed by atoms with van der Waals surface area (Å²) in [4.78, 5) is 11.8. The third kappa shape index (κ3) is 6.20. The van der Waals surface area contributed by atoms with Gasteiger partial charge in [-0.15, -0.1) is 0 Å². The molecule has 0 heterocycles. The van der Waals surface area contributed by atoms with Crippen molar-refractivity contribution in [2.24, 2.45) is 0 Å². The van der Waals surface area contributed by atoms with Crippen LogP contribution in [0.5, 0.6) is 11.5 Å². The van der Waals surface area contributed by atoms with Crippen molar-refractivity contribution in [3.63, 3.8) is 0 Å². The number of carbonyl (C=O) groups excluding carboxylic acids is 1. The fraction of sp³-hybridized carbons (Fsp3) is 0.278. The number of amides is 1. The topological polar surface area (TPSA) is 47.6 Å². The molecule has 1 amide bonds. The molecule has 0 spiro atoms. The van der Waals surface area contributed by atoms with E-state index < -0.39 is 0 Å². The Hall–Kier alpha value is -2.20. The van der Waals surface area contributed by atoms with Crippen LogP contribution in [0.15, 0.2) is 48.5 Å². The van der Waals surface area contributed by atoms with E-state index in [4.69, 9.17) is 21.1 Å². The van der Waals surface area contributed by atoms with Crippen LogP contribution in [-0.2, 0) is 11.3 Å². The smallest absolute Gasteiger partial charge is 0.258 e. The summed E-state index contributed by atoms with van der Waals surface area (Å²) < 4.78 is 11.0. The van der Waals surface area contributed by atoms with Gasteiger partial charge in [-0.1, -0.05) is 29.8 Å². The van der Waals surface area contributed by atoms with Gasteiger partial charge in [-0.2, -0.15) is 0 Å². The van der Waals surface area contributed by atoms with Gasteiger partial charge in [-0.25, -0.2) is 0 Å². The van der Waals surface area contributed by atoms with Crippen molar-refractivity contribution in [3.05, 3.63) is 59.1 Å². The maximum atomic E-state index is 11.8. The highest BCUT2D eigenvalue weighted by molar-refractivity contribution is 6.30. The molecule has 5 heteroatoms. The second kappa shape index (κ2) is 8.44. The van der Waals surface area contributed by atoms with Crippen LogP contribution in [0.4, 0.5) is 0 Å². The number of hydrogen-bond donors (Lipinski definition) is 1. The molecule has 2 rings (SSSR count). The molecule has 122 valence electrons. The third-order valence-corrected chi connectivity index (χ3v) is 3.19. The summed E-state index contributed by atoms with van der Waals surface area (Å²) in [6.07, 6.45) is 0.143. The molecule has 1 N–H and O–H groups in total. The van der Waals surface area contributed by atoms with Gasteiger partial charge in [-0.3, -0.25) is 4.79 Å². The summed E-state index contributed by atoms with van der Waals surface area (Å²) in [5, 5.41) is 3.38. The summed E-state index contributed by atoms with van der Waals surface area (Å²) in [6, 6.07) is 14.6. The Morgan fingerprint density at radius 3 is 2.52 bits per heavy atom. The first kappa shape index (κ1) is 17.2. The van der Waals surface area contributed by atoms with Gasteiger partial charge < -0.3 is 14.8 Å². The van der Waals surface area contributed by atoms with Gasteiger partial charge >= 0.3 is 0 Å². The zero-order valence-electron chi connectivity index (χ0n) is 13.2. The lowest BCUT2D eigenvalue weighted by Crippen LogP contribution is -2.28. The number of ether oxygens (including phenoxy) is 2. The molecule has 2 aromatic rings. The van der Waals surface area contributed by atoms with Crippen LogP contribution in [0, 0.1) is 0 Å². The Morgan fingerprint density at radius 1 is 1.13 bits per heavy atom. The van der Waals surface area contributed by atoms with Gasteiger partial charge in [0.1, 0.15) is 11.5 Å². The molecular weight excluding hydrogens is 314 g/mol. The highest BCUT2D eigenvalue weighted by atomic mass is 35.5. The molecule has 0 radical (unpaired) electrons. The third-order valence-electron chi connectivity index (χ3n) is 2.95. The zero-order valence-corrected chi connectivity index (χ0v) is 14.0. The van der Waals surface area contributed by atoms with Crippen molar-refractivity contribution < 1.29 is 14.3 Å². The van der Waals surface area contributed by atoms with Gasteiger partial charge in [0, 0.05) is 11.6 Å². The number of rotatable bonds is 7. The molecule has 0 atom stereocenters. The largest absolute Gasteiger partial charge is 0.491 e. The van der Waals surface area contributed by atoms with Gasteiger partial charge in [0.05, 0.1) is 6.10 Å². The summed E-state index contributed by atoms with van der Waals surface area (Å²) in [5.74, 6) is 1.20.